The lowest BCUT2D eigenvalue weighted by Gasteiger charge is -2.13. The fourth-order valence-electron chi connectivity index (χ4n) is 2.11. The third-order valence-electron chi connectivity index (χ3n) is 3.01. The molecule has 2 rings (SSSR count). The van der Waals surface area contributed by atoms with Crippen molar-refractivity contribution in [2.24, 2.45) is 11.5 Å². The summed E-state index contributed by atoms with van der Waals surface area (Å²) in [5.41, 5.74) is 12.6. The van der Waals surface area contributed by atoms with Gasteiger partial charge in [0.15, 0.2) is 0 Å². The maximum atomic E-state index is 10.9. The van der Waals surface area contributed by atoms with Gasteiger partial charge in [0.1, 0.15) is 0 Å². The summed E-state index contributed by atoms with van der Waals surface area (Å²) in [6, 6.07) is 8.00. The summed E-state index contributed by atoms with van der Waals surface area (Å²) in [4.78, 5) is 10.9. The Bertz CT molecular complexity index is 374. The van der Waals surface area contributed by atoms with Gasteiger partial charge in [0.05, 0.1) is 0 Å². The van der Waals surface area contributed by atoms with Crippen LogP contribution in [0.2, 0.25) is 0 Å². The van der Waals surface area contributed by atoms with E-state index in [0.29, 0.717) is 17.6 Å². The summed E-state index contributed by atoms with van der Waals surface area (Å²) in [7, 11) is 0. The van der Waals surface area contributed by atoms with Gasteiger partial charge in [-0.2, -0.15) is 0 Å². The molecule has 4 heteroatoms. The molecule has 0 heterocycles. The Morgan fingerprint density at radius 3 is 2.44 bits per heavy atom. The lowest BCUT2D eigenvalue weighted by atomic mass is 10.1. The molecule has 0 radical (unpaired) electrons. The summed E-state index contributed by atoms with van der Waals surface area (Å²) in [6.45, 7) is 0. The summed E-state index contributed by atoms with van der Waals surface area (Å²) >= 11 is 0. The number of benzene rings is 1. The third kappa shape index (κ3) is 2.52. The summed E-state index contributed by atoms with van der Waals surface area (Å²) < 4.78 is 0. The molecule has 86 valence electrons. The van der Waals surface area contributed by atoms with E-state index in [0.717, 1.165) is 24.9 Å². The molecule has 0 aliphatic heterocycles. The molecule has 1 aromatic rings. The largest absolute Gasteiger partial charge is 0.382 e. The van der Waals surface area contributed by atoms with E-state index in [1.165, 1.54) is 0 Å². The fourth-order valence-corrected chi connectivity index (χ4v) is 2.11. The van der Waals surface area contributed by atoms with Crippen molar-refractivity contribution in [3.05, 3.63) is 29.8 Å². The van der Waals surface area contributed by atoms with Crippen LogP contribution < -0.4 is 16.8 Å². The molecule has 5 N–H and O–H groups in total. The molecule has 4 nitrogen and oxygen atoms in total. The summed E-state index contributed by atoms with van der Waals surface area (Å²) in [6.07, 6.45) is 3.20. The third-order valence-corrected chi connectivity index (χ3v) is 3.01. The number of nitrogens with two attached hydrogens (primary N) is 2. The topological polar surface area (TPSA) is 81.1 Å². The molecule has 1 aliphatic carbocycles. The van der Waals surface area contributed by atoms with E-state index in [9.17, 15) is 4.79 Å². The van der Waals surface area contributed by atoms with Crippen molar-refractivity contribution in [2.75, 3.05) is 5.32 Å². The highest BCUT2D eigenvalue weighted by Gasteiger charge is 2.21. The van der Waals surface area contributed by atoms with Crippen LogP contribution in [0.5, 0.6) is 0 Å². The average molecular weight is 219 g/mol. The number of hydrogen-bond acceptors (Lipinski definition) is 3. The number of carbonyl (C=O) groups excluding carboxylic acids is 1. The first kappa shape index (κ1) is 11.0. The van der Waals surface area contributed by atoms with Crippen LogP contribution in [0.1, 0.15) is 29.6 Å². The first-order valence-electron chi connectivity index (χ1n) is 5.57. The second-order valence-corrected chi connectivity index (χ2v) is 4.36. The zero-order chi connectivity index (χ0) is 11.5. The maximum absolute atomic E-state index is 10.9. The van der Waals surface area contributed by atoms with Gasteiger partial charge in [-0.25, -0.2) is 0 Å². The van der Waals surface area contributed by atoms with Crippen LogP contribution >= 0.6 is 0 Å². The lowest BCUT2D eigenvalue weighted by molar-refractivity contribution is 0.100. The van der Waals surface area contributed by atoms with Crippen LogP contribution in [0.25, 0.3) is 0 Å². The predicted octanol–water partition coefficient (Wildman–Crippen LogP) is 1.08. The van der Waals surface area contributed by atoms with Gasteiger partial charge in [-0.3, -0.25) is 4.79 Å². The van der Waals surface area contributed by atoms with Crippen molar-refractivity contribution in [1.82, 2.24) is 0 Å². The molecule has 1 aromatic carbocycles. The van der Waals surface area contributed by atoms with Crippen LogP contribution in [0.15, 0.2) is 24.3 Å². The van der Waals surface area contributed by atoms with Gasteiger partial charge in [0.25, 0.3) is 0 Å². The summed E-state index contributed by atoms with van der Waals surface area (Å²) in [5, 5.41) is 3.41. The van der Waals surface area contributed by atoms with Crippen LogP contribution in [0, 0.1) is 0 Å². The van der Waals surface area contributed by atoms with Gasteiger partial charge in [-0.1, -0.05) is 0 Å². The van der Waals surface area contributed by atoms with Crippen molar-refractivity contribution in [2.45, 2.75) is 31.3 Å². The molecule has 1 aliphatic rings. The minimum atomic E-state index is -0.394. The van der Waals surface area contributed by atoms with Crippen LogP contribution in [-0.4, -0.2) is 18.0 Å². The van der Waals surface area contributed by atoms with Gasteiger partial charge < -0.3 is 16.8 Å². The second-order valence-electron chi connectivity index (χ2n) is 4.36. The molecule has 2 unspecified atom stereocenters. The zero-order valence-electron chi connectivity index (χ0n) is 9.15. The van der Waals surface area contributed by atoms with E-state index in [-0.39, 0.29) is 0 Å². The van der Waals surface area contributed by atoms with Crippen LogP contribution in [0.3, 0.4) is 0 Å². The van der Waals surface area contributed by atoms with Crippen molar-refractivity contribution in [3.8, 4) is 0 Å². The highest BCUT2D eigenvalue weighted by atomic mass is 16.1. The van der Waals surface area contributed by atoms with Gasteiger partial charge in [-0.15, -0.1) is 0 Å². The van der Waals surface area contributed by atoms with Crippen LogP contribution in [-0.2, 0) is 0 Å². The standard InChI is InChI=1S/C12H17N3O/c13-9-3-6-11(7-9)15-10-4-1-8(2-5-10)12(14)16/h1-2,4-5,9,11,15H,3,6-7,13H2,(H2,14,16). The molecular formula is C12H17N3O. The van der Waals surface area contributed by atoms with Crippen LogP contribution in [0.4, 0.5) is 5.69 Å². The van der Waals surface area contributed by atoms with Crippen molar-refractivity contribution >= 4 is 11.6 Å². The number of rotatable bonds is 3. The minimum absolute atomic E-state index is 0.322. The van der Waals surface area contributed by atoms with Gasteiger partial charge >= 0.3 is 0 Å². The van der Waals surface area contributed by atoms with Gasteiger partial charge in [0, 0.05) is 23.3 Å². The first-order valence-corrected chi connectivity index (χ1v) is 5.57. The molecule has 0 spiro atoms. The predicted molar refractivity (Wildman–Crippen MR) is 64.2 cm³/mol. The summed E-state index contributed by atoms with van der Waals surface area (Å²) in [5.74, 6) is -0.394. The molecular weight excluding hydrogens is 202 g/mol. The first-order chi connectivity index (χ1) is 7.65. The normalized spacial score (nSPS) is 24.3. The highest BCUT2D eigenvalue weighted by Crippen LogP contribution is 2.21. The fraction of sp³-hybridized carbons (Fsp3) is 0.417. The molecule has 0 aromatic heterocycles. The minimum Gasteiger partial charge on any atom is -0.382 e. The monoisotopic (exact) mass is 219 g/mol. The smallest absolute Gasteiger partial charge is 0.248 e. The molecule has 16 heavy (non-hydrogen) atoms. The Hall–Kier alpha value is -1.55. The Labute approximate surface area is 95.0 Å². The quantitative estimate of drug-likeness (QED) is 0.711. The van der Waals surface area contributed by atoms with E-state index >= 15 is 0 Å². The second kappa shape index (κ2) is 4.53. The number of anilines is 1. The number of carbonyl (C=O) groups is 1. The van der Waals surface area contributed by atoms with Crippen molar-refractivity contribution < 1.29 is 4.79 Å². The van der Waals surface area contributed by atoms with E-state index in [4.69, 9.17) is 11.5 Å². The average Bonchev–Trinajstić information content (AvgIpc) is 2.65. The molecule has 1 saturated carbocycles. The zero-order valence-corrected chi connectivity index (χ0v) is 9.15. The number of amides is 1. The molecule has 0 saturated heterocycles. The van der Waals surface area contributed by atoms with Gasteiger partial charge in [0.2, 0.25) is 5.91 Å². The van der Waals surface area contributed by atoms with Crippen molar-refractivity contribution in [3.63, 3.8) is 0 Å². The number of nitrogens with one attached hydrogen (secondary N) is 1. The molecule has 2 atom stereocenters. The Morgan fingerprint density at radius 2 is 1.94 bits per heavy atom. The Balaban J connectivity index is 1.97. The number of hydrogen-bond donors (Lipinski definition) is 3. The molecule has 1 fully saturated rings. The number of primary amides is 1. The van der Waals surface area contributed by atoms with Crippen molar-refractivity contribution in [1.29, 1.82) is 0 Å². The molecule has 0 bridgehead atoms. The van der Waals surface area contributed by atoms with E-state index in [1.807, 2.05) is 12.1 Å². The molecule has 1 amide bonds. The van der Waals surface area contributed by atoms with E-state index < -0.39 is 5.91 Å². The van der Waals surface area contributed by atoms with E-state index in [2.05, 4.69) is 5.32 Å². The lowest BCUT2D eigenvalue weighted by Crippen LogP contribution is -2.20. The van der Waals surface area contributed by atoms with Gasteiger partial charge in [-0.05, 0) is 43.5 Å². The maximum Gasteiger partial charge on any atom is 0.248 e. The Morgan fingerprint density at radius 1 is 1.25 bits per heavy atom. The van der Waals surface area contributed by atoms with E-state index in [1.54, 1.807) is 12.1 Å². The Kier molecular flexibility index (Phi) is 3.10. The SMILES string of the molecule is NC(=O)c1ccc(NC2CCC(N)C2)cc1. The highest BCUT2D eigenvalue weighted by molar-refractivity contribution is 5.93.